The van der Waals surface area contributed by atoms with E-state index in [1.165, 1.54) is 24.7 Å². The summed E-state index contributed by atoms with van der Waals surface area (Å²) in [5.74, 6) is 0.941. The van der Waals surface area contributed by atoms with E-state index in [0.717, 1.165) is 16.5 Å². The fourth-order valence-corrected chi connectivity index (χ4v) is 2.49. The van der Waals surface area contributed by atoms with E-state index >= 15 is 0 Å². The summed E-state index contributed by atoms with van der Waals surface area (Å²) in [4.78, 5) is 8.59. The zero-order valence-corrected chi connectivity index (χ0v) is 13.7. The van der Waals surface area contributed by atoms with E-state index in [0.29, 0.717) is 29.2 Å². The van der Waals surface area contributed by atoms with Crippen LogP contribution in [0.3, 0.4) is 0 Å². The first-order chi connectivity index (χ1) is 12.1. The van der Waals surface area contributed by atoms with E-state index < -0.39 is 0 Å². The first-order valence-corrected chi connectivity index (χ1v) is 7.63. The molecule has 5 nitrogen and oxygen atoms in total. The summed E-state index contributed by atoms with van der Waals surface area (Å²) in [5, 5.41) is 11.2. The molecule has 0 bridgehead atoms. The molecular formula is C19H17FN4O. The van der Waals surface area contributed by atoms with Crippen LogP contribution in [0, 0.1) is 11.2 Å². The quantitative estimate of drug-likeness (QED) is 0.666. The Morgan fingerprint density at radius 3 is 2.68 bits per heavy atom. The lowest BCUT2D eigenvalue weighted by Crippen LogP contribution is -2.07. The molecule has 2 N–H and O–H groups in total. The third-order valence-corrected chi connectivity index (χ3v) is 3.79. The van der Waals surface area contributed by atoms with Gasteiger partial charge in [0.1, 0.15) is 29.2 Å². The highest BCUT2D eigenvalue weighted by atomic mass is 19.1. The molecule has 6 heteroatoms. The van der Waals surface area contributed by atoms with Crippen LogP contribution in [0.1, 0.15) is 0 Å². The number of hydrogen-bond donors (Lipinski definition) is 2. The molecule has 0 aliphatic carbocycles. The van der Waals surface area contributed by atoms with Crippen LogP contribution in [0.25, 0.3) is 22.0 Å². The first kappa shape index (κ1) is 16.6. The summed E-state index contributed by atoms with van der Waals surface area (Å²) in [6, 6.07) is 10.1. The molecule has 0 atom stereocenters. The average Bonchev–Trinajstić information content (AvgIpc) is 2.65. The van der Waals surface area contributed by atoms with Gasteiger partial charge in [-0.1, -0.05) is 18.7 Å². The first-order valence-electron chi connectivity index (χ1n) is 7.63. The van der Waals surface area contributed by atoms with Gasteiger partial charge in [0.05, 0.1) is 7.11 Å². The lowest BCUT2D eigenvalue weighted by atomic mass is 10.0. The molecule has 2 aromatic carbocycles. The number of aromatic nitrogens is 2. The van der Waals surface area contributed by atoms with Gasteiger partial charge in [-0.05, 0) is 41.0 Å². The molecule has 1 aromatic heterocycles. The van der Waals surface area contributed by atoms with Crippen molar-refractivity contribution >= 4 is 22.9 Å². The van der Waals surface area contributed by atoms with Crippen molar-refractivity contribution in [1.29, 1.82) is 5.41 Å². The number of fused-ring (bicyclic) bond motifs is 1. The van der Waals surface area contributed by atoms with Crippen molar-refractivity contribution in [2.75, 3.05) is 19.0 Å². The monoisotopic (exact) mass is 336 g/mol. The summed E-state index contributed by atoms with van der Waals surface area (Å²) < 4.78 is 18.7. The maximum absolute atomic E-state index is 13.2. The minimum Gasteiger partial charge on any atom is -0.494 e. The Hall–Kier alpha value is -3.28. The fourth-order valence-electron chi connectivity index (χ4n) is 2.49. The molecule has 126 valence electrons. The molecular weight excluding hydrogens is 319 g/mol. The number of anilines is 1. The Balaban J connectivity index is 2.12. The van der Waals surface area contributed by atoms with Gasteiger partial charge in [-0.2, -0.15) is 0 Å². The molecule has 0 amide bonds. The SMILES string of the molecule is C=C(C=N)CNc1ncnc2c(OC)cc(-c3ccc(F)cc3)cc12. The summed E-state index contributed by atoms with van der Waals surface area (Å²) in [6.45, 7) is 4.17. The van der Waals surface area contributed by atoms with Crippen LogP contribution in [0.5, 0.6) is 5.75 Å². The molecule has 0 spiro atoms. The normalized spacial score (nSPS) is 10.5. The molecule has 0 aliphatic heterocycles. The predicted molar refractivity (Wildman–Crippen MR) is 97.9 cm³/mol. The van der Waals surface area contributed by atoms with Gasteiger partial charge in [-0.25, -0.2) is 14.4 Å². The molecule has 0 saturated heterocycles. The van der Waals surface area contributed by atoms with Gasteiger partial charge in [0, 0.05) is 18.1 Å². The molecule has 3 aromatic rings. The van der Waals surface area contributed by atoms with Crippen molar-refractivity contribution in [1.82, 2.24) is 9.97 Å². The molecule has 1 heterocycles. The summed E-state index contributed by atoms with van der Waals surface area (Å²) in [5.41, 5.74) is 3.04. The molecule has 0 unspecified atom stereocenters. The number of halogens is 1. The average molecular weight is 336 g/mol. The standard InChI is InChI=1S/C19H17FN4O/c1-12(9-21)10-22-19-16-7-14(13-3-5-15(20)6-4-13)8-17(25-2)18(16)23-11-24-19/h3-9,11,21H,1,10H2,2H3,(H,22,23,24). The molecule has 3 rings (SSSR count). The van der Waals surface area contributed by atoms with Crippen molar-refractivity contribution in [2.45, 2.75) is 0 Å². The Morgan fingerprint density at radius 1 is 1.24 bits per heavy atom. The van der Waals surface area contributed by atoms with Crippen molar-refractivity contribution in [2.24, 2.45) is 0 Å². The summed E-state index contributed by atoms with van der Waals surface area (Å²) >= 11 is 0. The van der Waals surface area contributed by atoms with Gasteiger partial charge in [0.25, 0.3) is 0 Å². The molecule has 0 saturated carbocycles. The fraction of sp³-hybridized carbons (Fsp3) is 0.105. The van der Waals surface area contributed by atoms with Crippen molar-refractivity contribution in [3.8, 4) is 16.9 Å². The van der Waals surface area contributed by atoms with E-state index in [1.807, 2.05) is 12.1 Å². The Labute approximate surface area is 144 Å². The minimum atomic E-state index is -0.285. The summed E-state index contributed by atoms with van der Waals surface area (Å²) in [6.07, 6.45) is 2.65. The van der Waals surface area contributed by atoms with Crippen LogP contribution in [0.2, 0.25) is 0 Å². The van der Waals surface area contributed by atoms with Gasteiger partial charge in [0.15, 0.2) is 0 Å². The second-order valence-electron chi connectivity index (χ2n) is 5.46. The minimum absolute atomic E-state index is 0.285. The third-order valence-electron chi connectivity index (χ3n) is 3.79. The predicted octanol–water partition coefficient (Wildman–Crippen LogP) is 4.06. The zero-order chi connectivity index (χ0) is 17.8. The van der Waals surface area contributed by atoms with Crippen molar-refractivity contribution in [3.63, 3.8) is 0 Å². The molecule has 0 aliphatic rings. The highest BCUT2D eigenvalue weighted by Crippen LogP contribution is 2.34. The number of hydrogen-bond acceptors (Lipinski definition) is 5. The number of rotatable bonds is 6. The van der Waals surface area contributed by atoms with E-state index in [4.69, 9.17) is 10.1 Å². The largest absolute Gasteiger partial charge is 0.494 e. The van der Waals surface area contributed by atoms with Gasteiger partial charge in [-0.3, -0.25) is 0 Å². The lowest BCUT2D eigenvalue weighted by Gasteiger charge is -2.12. The Kier molecular flexibility index (Phi) is 4.70. The number of nitrogens with zero attached hydrogens (tertiary/aromatic N) is 2. The van der Waals surface area contributed by atoms with E-state index in [9.17, 15) is 4.39 Å². The Bertz CT molecular complexity index is 938. The van der Waals surface area contributed by atoms with E-state index in [2.05, 4.69) is 21.9 Å². The second kappa shape index (κ2) is 7.09. The van der Waals surface area contributed by atoms with Gasteiger partial charge >= 0.3 is 0 Å². The van der Waals surface area contributed by atoms with Gasteiger partial charge < -0.3 is 15.5 Å². The maximum Gasteiger partial charge on any atom is 0.145 e. The molecule has 0 fully saturated rings. The van der Waals surface area contributed by atoms with Crippen molar-refractivity contribution in [3.05, 3.63) is 60.7 Å². The maximum atomic E-state index is 13.2. The van der Waals surface area contributed by atoms with Gasteiger partial charge in [0.2, 0.25) is 0 Å². The highest BCUT2D eigenvalue weighted by Gasteiger charge is 2.12. The molecule has 0 radical (unpaired) electrons. The highest BCUT2D eigenvalue weighted by molar-refractivity contribution is 5.96. The van der Waals surface area contributed by atoms with E-state index in [-0.39, 0.29) is 5.82 Å². The van der Waals surface area contributed by atoms with Gasteiger partial charge in [-0.15, -0.1) is 0 Å². The van der Waals surface area contributed by atoms with Crippen LogP contribution in [0.4, 0.5) is 10.2 Å². The smallest absolute Gasteiger partial charge is 0.145 e. The second-order valence-corrected chi connectivity index (χ2v) is 5.46. The lowest BCUT2D eigenvalue weighted by molar-refractivity contribution is 0.419. The number of nitrogens with one attached hydrogen (secondary N) is 2. The zero-order valence-electron chi connectivity index (χ0n) is 13.7. The van der Waals surface area contributed by atoms with Crippen LogP contribution < -0.4 is 10.1 Å². The Morgan fingerprint density at radius 2 is 2.00 bits per heavy atom. The molecule has 25 heavy (non-hydrogen) atoms. The summed E-state index contributed by atoms with van der Waals surface area (Å²) in [7, 11) is 1.58. The van der Waals surface area contributed by atoms with Crippen molar-refractivity contribution < 1.29 is 9.13 Å². The third kappa shape index (κ3) is 3.47. The number of methoxy groups -OCH3 is 1. The number of benzene rings is 2. The van der Waals surface area contributed by atoms with E-state index in [1.54, 1.807) is 19.2 Å². The van der Waals surface area contributed by atoms with Crippen LogP contribution in [-0.2, 0) is 0 Å². The van der Waals surface area contributed by atoms with Crippen LogP contribution >= 0.6 is 0 Å². The van der Waals surface area contributed by atoms with Crippen LogP contribution in [-0.4, -0.2) is 29.8 Å². The topological polar surface area (TPSA) is 70.9 Å². The van der Waals surface area contributed by atoms with Crippen LogP contribution in [0.15, 0.2) is 54.9 Å². The number of ether oxygens (including phenoxy) is 1.